The van der Waals surface area contributed by atoms with E-state index in [1.54, 1.807) is 0 Å². The van der Waals surface area contributed by atoms with E-state index in [4.69, 9.17) is 5.11 Å². The third kappa shape index (κ3) is 2.72. The van der Waals surface area contributed by atoms with Gasteiger partial charge in [0.1, 0.15) is 5.54 Å². The molecule has 1 amide bonds. The molecule has 0 unspecified atom stereocenters. The van der Waals surface area contributed by atoms with Crippen molar-refractivity contribution in [2.75, 3.05) is 0 Å². The fourth-order valence-electron chi connectivity index (χ4n) is 1.41. The molecule has 0 radical (unpaired) electrons. The summed E-state index contributed by atoms with van der Waals surface area (Å²) in [7, 11) is 0. The molecule has 0 saturated heterocycles. The SMILES string of the molecule is CC(C)(NC(=O)CC1CCC1)C(=O)O. The summed E-state index contributed by atoms with van der Waals surface area (Å²) in [6.45, 7) is 2.99. The van der Waals surface area contributed by atoms with Gasteiger partial charge in [-0.1, -0.05) is 6.42 Å². The molecule has 0 aliphatic heterocycles. The average molecular weight is 199 g/mol. The second kappa shape index (κ2) is 3.98. The van der Waals surface area contributed by atoms with Crippen LogP contribution in [0.4, 0.5) is 0 Å². The van der Waals surface area contributed by atoms with Crippen molar-refractivity contribution in [1.82, 2.24) is 5.32 Å². The Hall–Kier alpha value is -1.06. The highest BCUT2D eigenvalue weighted by atomic mass is 16.4. The quantitative estimate of drug-likeness (QED) is 0.714. The smallest absolute Gasteiger partial charge is 0.328 e. The number of carboxylic acids is 1. The van der Waals surface area contributed by atoms with Crippen LogP contribution in [0.1, 0.15) is 39.5 Å². The normalized spacial score (nSPS) is 17.3. The highest BCUT2D eigenvalue weighted by Gasteiger charge is 2.30. The number of carboxylic acid groups (broad SMARTS) is 1. The van der Waals surface area contributed by atoms with E-state index in [9.17, 15) is 9.59 Å². The van der Waals surface area contributed by atoms with Gasteiger partial charge in [-0.15, -0.1) is 0 Å². The van der Waals surface area contributed by atoms with E-state index in [0.717, 1.165) is 12.8 Å². The number of nitrogens with one attached hydrogen (secondary N) is 1. The molecule has 0 aromatic heterocycles. The van der Waals surface area contributed by atoms with Crippen LogP contribution in [0.25, 0.3) is 0 Å². The first kappa shape index (κ1) is 11.0. The van der Waals surface area contributed by atoms with Crippen LogP contribution in [0.15, 0.2) is 0 Å². The molecule has 4 heteroatoms. The number of aliphatic carboxylic acids is 1. The lowest BCUT2D eigenvalue weighted by Crippen LogP contribution is -2.50. The third-order valence-electron chi connectivity index (χ3n) is 2.69. The van der Waals surface area contributed by atoms with E-state index in [0.29, 0.717) is 12.3 Å². The van der Waals surface area contributed by atoms with E-state index in [2.05, 4.69) is 5.32 Å². The molecule has 0 bridgehead atoms. The maximum Gasteiger partial charge on any atom is 0.328 e. The molecule has 0 atom stereocenters. The zero-order chi connectivity index (χ0) is 10.8. The fourth-order valence-corrected chi connectivity index (χ4v) is 1.41. The molecular weight excluding hydrogens is 182 g/mol. The second-order valence-electron chi connectivity index (χ2n) is 4.48. The lowest BCUT2D eigenvalue weighted by atomic mass is 9.82. The van der Waals surface area contributed by atoms with Gasteiger partial charge in [0.2, 0.25) is 5.91 Å². The van der Waals surface area contributed by atoms with Gasteiger partial charge in [-0.05, 0) is 32.6 Å². The lowest BCUT2D eigenvalue weighted by molar-refractivity contribution is -0.146. The zero-order valence-electron chi connectivity index (χ0n) is 8.67. The van der Waals surface area contributed by atoms with Crippen molar-refractivity contribution < 1.29 is 14.7 Å². The van der Waals surface area contributed by atoms with E-state index in [1.165, 1.54) is 20.3 Å². The number of amides is 1. The van der Waals surface area contributed by atoms with Crippen LogP contribution in [0.3, 0.4) is 0 Å². The van der Waals surface area contributed by atoms with Crippen molar-refractivity contribution in [3.8, 4) is 0 Å². The highest BCUT2D eigenvalue weighted by molar-refractivity contribution is 5.86. The molecule has 0 aromatic rings. The number of hydrogen-bond acceptors (Lipinski definition) is 2. The summed E-state index contributed by atoms with van der Waals surface area (Å²) in [5.41, 5.74) is -1.15. The standard InChI is InChI=1S/C10H17NO3/c1-10(2,9(13)14)11-8(12)6-7-4-3-5-7/h7H,3-6H2,1-2H3,(H,11,12)(H,13,14). The number of hydrogen-bond donors (Lipinski definition) is 2. The minimum atomic E-state index is -1.15. The molecule has 0 spiro atoms. The van der Waals surface area contributed by atoms with Crippen molar-refractivity contribution in [3.63, 3.8) is 0 Å². The summed E-state index contributed by atoms with van der Waals surface area (Å²) in [6.07, 6.45) is 3.86. The van der Waals surface area contributed by atoms with Gasteiger partial charge in [-0.25, -0.2) is 4.79 Å². The minimum Gasteiger partial charge on any atom is -0.480 e. The first-order valence-electron chi connectivity index (χ1n) is 4.96. The van der Waals surface area contributed by atoms with Crippen molar-refractivity contribution in [1.29, 1.82) is 0 Å². The Labute approximate surface area is 83.7 Å². The van der Waals surface area contributed by atoms with Gasteiger partial charge in [0.15, 0.2) is 0 Å². The van der Waals surface area contributed by atoms with Gasteiger partial charge in [0.25, 0.3) is 0 Å². The van der Waals surface area contributed by atoms with Crippen molar-refractivity contribution in [2.24, 2.45) is 5.92 Å². The third-order valence-corrected chi connectivity index (χ3v) is 2.69. The van der Waals surface area contributed by atoms with Gasteiger partial charge >= 0.3 is 5.97 Å². The van der Waals surface area contributed by atoms with Gasteiger partial charge in [-0.2, -0.15) is 0 Å². The topological polar surface area (TPSA) is 66.4 Å². The molecule has 1 saturated carbocycles. The molecule has 1 aliphatic rings. The summed E-state index contributed by atoms with van der Waals surface area (Å²) in [6, 6.07) is 0. The highest BCUT2D eigenvalue weighted by Crippen LogP contribution is 2.29. The maximum atomic E-state index is 11.4. The summed E-state index contributed by atoms with van der Waals surface area (Å²) in [5.74, 6) is -0.679. The summed E-state index contributed by atoms with van der Waals surface area (Å²) in [5, 5.41) is 11.3. The summed E-state index contributed by atoms with van der Waals surface area (Å²) < 4.78 is 0. The van der Waals surface area contributed by atoms with Crippen LogP contribution < -0.4 is 5.32 Å². The molecule has 4 nitrogen and oxygen atoms in total. The predicted molar refractivity (Wildman–Crippen MR) is 51.8 cm³/mol. The minimum absolute atomic E-state index is 0.151. The van der Waals surface area contributed by atoms with Crippen LogP contribution in [-0.4, -0.2) is 22.5 Å². The number of carbonyl (C=O) groups is 2. The molecule has 1 fully saturated rings. The van der Waals surface area contributed by atoms with Crippen molar-refractivity contribution in [3.05, 3.63) is 0 Å². The molecule has 1 aliphatic carbocycles. The van der Waals surface area contributed by atoms with E-state index in [1.807, 2.05) is 0 Å². The Morgan fingerprint density at radius 1 is 1.43 bits per heavy atom. The van der Waals surface area contributed by atoms with Crippen LogP contribution in [0.5, 0.6) is 0 Å². The molecule has 14 heavy (non-hydrogen) atoms. The Morgan fingerprint density at radius 3 is 2.36 bits per heavy atom. The Balaban J connectivity index is 2.35. The van der Waals surface area contributed by atoms with Gasteiger partial charge in [0.05, 0.1) is 0 Å². The van der Waals surface area contributed by atoms with Crippen molar-refractivity contribution in [2.45, 2.75) is 45.1 Å². The van der Waals surface area contributed by atoms with E-state index < -0.39 is 11.5 Å². The largest absolute Gasteiger partial charge is 0.480 e. The number of rotatable bonds is 4. The average Bonchev–Trinajstić information content (AvgIpc) is 1.96. The lowest BCUT2D eigenvalue weighted by Gasteiger charge is -2.27. The second-order valence-corrected chi connectivity index (χ2v) is 4.48. The molecule has 1 rings (SSSR count). The fraction of sp³-hybridized carbons (Fsp3) is 0.800. The summed E-state index contributed by atoms with van der Waals surface area (Å²) >= 11 is 0. The molecule has 80 valence electrons. The molecule has 0 aromatic carbocycles. The Bertz CT molecular complexity index is 244. The maximum absolute atomic E-state index is 11.4. The number of carbonyl (C=O) groups excluding carboxylic acids is 1. The van der Waals surface area contributed by atoms with Crippen molar-refractivity contribution >= 4 is 11.9 Å². The van der Waals surface area contributed by atoms with Crippen LogP contribution in [0.2, 0.25) is 0 Å². The molecular formula is C10H17NO3. The monoisotopic (exact) mass is 199 g/mol. The van der Waals surface area contributed by atoms with Gasteiger partial charge in [0, 0.05) is 6.42 Å². The van der Waals surface area contributed by atoms with E-state index >= 15 is 0 Å². The first-order chi connectivity index (χ1) is 6.42. The van der Waals surface area contributed by atoms with E-state index in [-0.39, 0.29) is 5.91 Å². The molecule has 2 N–H and O–H groups in total. The predicted octanol–water partition coefficient (Wildman–Crippen LogP) is 1.16. The Morgan fingerprint density at radius 2 is 2.00 bits per heavy atom. The van der Waals surface area contributed by atoms with Crippen LogP contribution in [-0.2, 0) is 9.59 Å². The van der Waals surface area contributed by atoms with Crippen LogP contribution in [0, 0.1) is 5.92 Å². The first-order valence-corrected chi connectivity index (χ1v) is 4.96. The summed E-state index contributed by atoms with van der Waals surface area (Å²) in [4.78, 5) is 22.1. The van der Waals surface area contributed by atoms with Crippen LogP contribution >= 0.6 is 0 Å². The van der Waals surface area contributed by atoms with Gasteiger partial charge in [-0.3, -0.25) is 4.79 Å². The zero-order valence-corrected chi connectivity index (χ0v) is 8.67. The Kier molecular flexibility index (Phi) is 3.13. The van der Waals surface area contributed by atoms with Gasteiger partial charge < -0.3 is 10.4 Å². The molecule has 0 heterocycles.